The number of rotatable bonds is 6. The van der Waals surface area contributed by atoms with Gasteiger partial charge in [-0.1, -0.05) is 29.8 Å². The van der Waals surface area contributed by atoms with E-state index in [0.29, 0.717) is 23.6 Å². The average molecular weight is 421 g/mol. The number of ether oxygens (including phenoxy) is 3. The summed E-state index contributed by atoms with van der Waals surface area (Å²) in [6, 6.07) is 13.1. The summed E-state index contributed by atoms with van der Waals surface area (Å²) in [4.78, 5) is 0. The Bertz CT molecular complexity index is 872. The molecule has 0 aliphatic carbocycles. The molecule has 2 aliphatic rings. The van der Waals surface area contributed by atoms with Crippen molar-refractivity contribution in [1.82, 2.24) is 0 Å². The van der Waals surface area contributed by atoms with Crippen molar-refractivity contribution >= 4 is 11.6 Å². The second kappa shape index (κ2) is 7.87. The Morgan fingerprint density at radius 3 is 2.62 bits per heavy atom. The molecule has 0 radical (unpaired) electrons. The Morgan fingerprint density at radius 1 is 1.17 bits per heavy atom. The molecule has 156 valence electrons. The van der Waals surface area contributed by atoms with Crippen LogP contribution in [0.5, 0.6) is 5.75 Å². The zero-order chi connectivity index (χ0) is 20.6. The molecule has 2 fully saturated rings. The number of halogens is 1. The lowest BCUT2D eigenvalue weighted by Crippen LogP contribution is -2.57. The van der Waals surface area contributed by atoms with Gasteiger partial charge in [-0.15, -0.1) is 0 Å². The summed E-state index contributed by atoms with van der Waals surface area (Å²) >= 11 is 6.43. The summed E-state index contributed by atoms with van der Waals surface area (Å²) in [6.45, 7) is 2.34. The van der Waals surface area contributed by atoms with E-state index in [4.69, 9.17) is 25.8 Å². The third-order valence-electron chi connectivity index (χ3n) is 5.62. The molecular weight excluding hydrogens is 396 g/mol. The van der Waals surface area contributed by atoms with Gasteiger partial charge in [0.25, 0.3) is 0 Å². The molecule has 2 bridgehead atoms. The fourth-order valence-corrected chi connectivity index (χ4v) is 4.27. The molecule has 6 nitrogen and oxygen atoms in total. The molecule has 0 aromatic heterocycles. The molecule has 29 heavy (non-hydrogen) atoms. The molecule has 2 saturated heterocycles. The molecule has 0 spiro atoms. The maximum Gasteiger partial charge on any atom is 0.225 e. The van der Waals surface area contributed by atoms with Gasteiger partial charge in [-0.3, -0.25) is 0 Å². The molecule has 0 amide bonds. The summed E-state index contributed by atoms with van der Waals surface area (Å²) in [5.41, 5.74) is 1.42. The maximum atomic E-state index is 10.7. The molecule has 0 saturated carbocycles. The minimum Gasteiger partial charge on any atom is -0.494 e. The van der Waals surface area contributed by atoms with Crippen molar-refractivity contribution in [1.29, 1.82) is 0 Å². The maximum absolute atomic E-state index is 10.7. The summed E-state index contributed by atoms with van der Waals surface area (Å²) in [5, 5.41) is 31.4. The van der Waals surface area contributed by atoms with E-state index in [2.05, 4.69) is 0 Å². The van der Waals surface area contributed by atoms with Crippen molar-refractivity contribution < 1.29 is 29.5 Å². The van der Waals surface area contributed by atoms with Crippen LogP contribution in [0.15, 0.2) is 42.5 Å². The predicted octanol–water partition coefficient (Wildman–Crippen LogP) is 2.39. The van der Waals surface area contributed by atoms with Crippen molar-refractivity contribution in [3.8, 4) is 5.75 Å². The zero-order valence-electron chi connectivity index (χ0n) is 16.2. The number of aliphatic hydroxyl groups is 3. The van der Waals surface area contributed by atoms with Gasteiger partial charge in [0.15, 0.2) is 0 Å². The van der Waals surface area contributed by atoms with E-state index >= 15 is 0 Å². The minimum atomic E-state index is -1.53. The van der Waals surface area contributed by atoms with E-state index in [9.17, 15) is 15.3 Å². The Morgan fingerprint density at radius 2 is 1.93 bits per heavy atom. The Hall–Kier alpha value is -1.67. The van der Waals surface area contributed by atoms with Crippen molar-refractivity contribution in [3.63, 3.8) is 0 Å². The molecule has 2 heterocycles. The van der Waals surface area contributed by atoms with Crippen molar-refractivity contribution in [2.45, 2.75) is 43.4 Å². The van der Waals surface area contributed by atoms with E-state index in [1.165, 1.54) is 0 Å². The third-order valence-corrected chi connectivity index (χ3v) is 5.99. The number of fused-ring (bicyclic) bond motifs is 2. The van der Waals surface area contributed by atoms with Gasteiger partial charge in [-0.2, -0.15) is 0 Å². The van der Waals surface area contributed by atoms with Gasteiger partial charge in [0.1, 0.15) is 17.5 Å². The van der Waals surface area contributed by atoms with Gasteiger partial charge in [0, 0.05) is 17.0 Å². The number of hydrogen-bond donors (Lipinski definition) is 3. The predicted molar refractivity (Wildman–Crippen MR) is 107 cm³/mol. The fraction of sp³-hybridized carbons (Fsp3) is 0.455. The summed E-state index contributed by atoms with van der Waals surface area (Å²) in [6.07, 6.45) is -1.66. The fourth-order valence-electron chi connectivity index (χ4n) is 4.08. The third kappa shape index (κ3) is 3.65. The minimum absolute atomic E-state index is 0.0917. The van der Waals surface area contributed by atoms with Crippen LogP contribution in [-0.4, -0.2) is 52.9 Å². The van der Waals surface area contributed by atoms with E-state index in [1.807, 2.05) is 37.3 Å². The molecule has 1 unspecified atom stereocenters. The highest BCUT2D eigenvalue weighted by atomic mass is 35.5. The second-order valence-electron chi connectivity index (χ2n) is 7.68. The first-order chi connectivity index (χ1) is 13.9. The molecule has 4 atom stereocenters. The number of aliphatic hydroxyl groups excluding tert-OH is 3. The van der Waals surface area contributed by atoms with Gasteiger partial charge < -0.3 is 29.5 Å². The lowest BCUT2D eigenvalue weighted by atomic mass is 9.86. The van der Waals surface area contributed by atoms with Crippen LogP contribution in [0.3, 0.4) is 0 Å². The van der Waals surface area contributed by atoms with Crippen LogP contribution in [0, 0.1) is 0 Å². The molecule has 2 aromatic rings. The van der Waals surface area contributed by atoms with Gasteiger partial charge in [0.2, 0.25) is 5.79 Å². The van der Waals surface area contributed by atoms with Crippen molar-refractivity contribution in [2.75, 3.05) is 19.8 Å². The molecule has 4 rings (SSSR count). The van der Waals surface area contributed by atoms with Crippen molar-refractivity contribution in [2.24, 2.45) is 0 Å². The lowest BCUT2D eigenvalue weighted by molar-refractivity contribution is -0.302. The Balaban J connectivity index is 1.64. The van der Waals surface area contributed by atoms with Crippen LogP contribution >= 0.6 is 11.6 Å². The van der Waals surface area contributed by atoms with E-state index in [0.717, 1.165) is 16.9 Å². The Kier molecular flexibility index (Phi) is 5.59. The summed E-state index contributed by atoms with van der Waals surface area (Å²) < 4.78 is 17.4. The van der Waals surface area contributed by atoms with Crippen LogP contribution in [0.25, 0.3) is 0 Å². The standard InChI is InChI=1S/C22H25ClO6/c1-2-27-17-6-3-14(4-7-17)9-15-10-16(5-8-18(15)23)22-20(26)19(25)11-21(12-24,29-22)13-28-22/h3-8,10,19-20,24-26H,2,9,11-13H2,1H3/t19-,20+,21?,22-/m0/s1. The van der Waals surface area contributed by atoms with Crippen molar-refractivity contribution in [3.05, 3.63) is 64.2 Å². The molecular formula is C22H25ClO6. The molecule has 3 N–H and O–H groups in total. The van der Waals surface area contributed by atoms with E-state index < -0.39 is 23.6 Å². The van der Waals surface area contributed by atoms with Crippen LogP contribution < -0.4 is 4.74 Å². The highest BCUT2D eigenvalue weighted by Gasteiger charge is 2.62. The summed E-state index contributed by atoms with van der Waals surface area (Å²) in [7, 11) is 0. The van der Waals surface area contributed by atoms with E-state index in [-0.39, 0.29) is 19.6 Å². The number of benzene rings is 2. The highest BCUT2D eigenvalue weighted by Crippen LogP contribution is 2.49. The van der Waals surface area contributed by atoms with Gasteiger partial charge >= 0.3 is 0 Å². The number of hydrogen-bond acceptors (Lipinski definition) is 6. The van der Waals surface area contributed by atoms with Crippen LogP contribution in [0.1, 0.15) is 30.0 Å². The normalized spacial score (nSPS) is 31.1. The average Bonchev–Trinajstić information content (AvgIpc) is 3.07. The molecule has 2 aliphatic heterocycles. The lowest BCUT2D eigenvalue weighted by Gasteiger charge is -2.43. The first-order valence-corrected chi connectivity index (χ1v) is 10.1. The SMILES string of the molecule is CCOc1ccc(Cc2cc([C@@]34OCC(CO)(C[C@H](O)[C@H]3O)O4)ccc2Cl)cc1. The zero-order valence-corrected chi connectivity index (χ0v) is 16.9. The Labute approximate surface area is 174 Å². The second-order valence-corrected chi connectivity index (χ2v) is 8.08. The quantitative estimate of drug-likeness (QED) is 0.665. The molecule has 7 heteroatoms. The van der Waals surface area contributed by atoms with Gasteiger partial charge in [-0.25, -0.2) is 0 Å². The van der Waals surface area contributed by atoms with Crippen LogP contribution in [-0.2, 0) is 21.7 Å². The smallest absolute Gasteiger partial charge is 0.225 e. The van der Waals surface area contributed by atoms with E-state index in [1.54, 1.807) is 12.1 Å². The monoisotopic (exact) mass is 420 g/mol. The highest BCUT2D eigenvalue weighted by molar-refractivity contribution is 6.31. The van der Waals surface area contributed by atoms with Crippen LogP contribution in [0.2, 0.25) is 5.02 Å². The van der Waals surface area contributed by atoms with Gasteiger partial charge in [0.05, 0.1) is 25.9 Å². The topological polar surface area (TPSA) is 88.4 Å². The first-order valence-electron chi connectivity index (χ1n) is 9.73. The summed E-state index contributed by atoms with van der Waals surface area (Å²) in [5.74, 6) is -0.721. The first kappa shape index (κ1) is 20.6. The molecule has 2 aromatic carbocycles. The van der Waals surface area contributed by atoms with Crippen LogP contribution in [0.4, 0.5) is 0 Å². The van der Waals surface area contributed by atoms with Gasteiger partial charge in [-0.05, 0) is 48.7 Å². The largest absolute Gasteiger partial charge is 0.494 e.